The van der Waals surface area contributed by atoms with Gasteiger partial charge in [-0.3, -0.25) is 9.78 Å². The van der Waals surface area contributed by atoms with Gasteiger partial charge in [-0.25, -0.2) is 8.78 Å². The van der Waals surface area contributed by atoms with Crippen molar-refractivity contribution in [1.29, 1.82) is 0 Å². The Bertz CT molecular complexity index is 931. The summed E-state index contributed by atoms with van der Waals surface area (Å²) in [6, 6.07) is 10.1. The van der Waals surface area contributed by atoms with Gasteiger partial charge in [-0.15, -0.1) is 0 Å². The molecular weight excluding hydrogens is 324 g/mol. The molecule has 0 spiro atoms. The van der Waals surface area contributed by atoms with Crippen LogP contribution in [0.2, 0.25) is 0 Å². The van der Waals surface area contributed by atoms with Crippen LogP contribution in [-0.4, -0.2) is 33.4 Å². The molecule has 0 saturated carbocycles. The predicted molar refractivity (Wildman–Crippen MR) is 91.3 cm³/mol. The van der Waals surface area contributed by atoms with Gasteiger partial charge in [-0.1, -0.05) is 18.2 Å². The van der Waals surface area contributed by atoms with Gasteiger partial charge >= 0.3 is 0 Å². The van der Waals surface area contributed by atoms with Crippen molar-refractivity contribution in [3.8, 4) is 11.1 Å². The molecule has 1 amide bonds. The molecule has 0 radical (unpaired) electrons. The lowest BCUT2D eigenvalue weighted by Crippen LogP contribution is -2.43. The minimum Gasteiger partial charge on any atom is -0.341 e. The maximum atomic E-state index is 12.9. The van der Waals surface area contributed by atoms with Gasteiger partial charge in [0.15, 0.2) is 0 Å². The van der Waals surface area contributed by atoms with Crippen molar-refractivity contribution in [2.75, 3.05) is 13.1 Å². The van der Waals surface area contributed by atoms with Crippen molar-refractivity contribution >= 4 is 16.9 Å². The van der Waals surface area contributed by atoms with E-state index in [0.717, 1.165) is 36.1 Å². The van der Waals surface area contributed by atoms with Crippen molar-refractivity contribution in [2.24, 2.45) is 0 Å². The van der Waals surface area contributed by atoms with Crippen molar-refractivity contribution < 1.29 is 13.6 Å². The number of alkyl halides is 2. The van der Waals surface area contributed by atoms with Gasteiger partial charge in [-0.05, 0) is 30.2 Å². The number of pyridine rings is 1. The molecule has 1 aliphatic heterocycles. The highest BCUT2D eigenvalue weighted by molar-refractivity contribution is 5.84. The van der Waals surface area contributed by atoms with Crippen LogP contribution in [0, 0.1) is 0 Å². The molecule has 1 aliphatic rings. The Labute approximate surface area is 143 Å². The van der Waals surface area contributed by atoms with E-state index in [2.05, 4.69) is 4.98 Å². The summed E-state index contributed by atoms with van der Waals surface area (Å²) in [5, 5.41) is 0. The number of amides is 1. The molecule has 6 heteroatoms. The molecule has 0 aliphatic carbocycles. The molecule has 0 bridgehead atoms. The summed E-state index contributed by atoms with van der Waals surface area (Å²) in [7, 11) is 0. The lowest BCUT2D eigenvalue weighted by molar-refractivity contribution is -0.135. The number of halogens is 2. The standard InChI is InChI=1S/C19H17F2N3O/c20-19(21)14-4-1-3-13(9-14)15-10-17-16(22-11-15)5-8-24(17)12-18(25)23-6-2-7-23/h1,3-5,8-11,19H,2,6-7,12H2. The molecule has 0 unspecified atom stereocenters. The van der Waals surface area contributed by atoms with Crippen LogP contribution in [0.15, 0.2) is 48.8 Å². The van der Waals surface area contributed by atoms with Gasteiger partial charge < -0.3 is 9.47 Å². The first-order chi connectivity index (χ1) is 12.1. The van der Waals surface area contributed by atoms with Gasteiger partial charge in [0.1, 0.15) is 6.54 Å². The number of carbonyl (C=O) groups is 1. The second kappa shape index (κ2) is 6.27. The number of likely N-dealkylation sites (tertiary alicyclic amines) is 1. The molecule has 0 N–H and O–H groups in total. The van der Waals surface area contributed by atoms with E-state index in [1.165, 1.54) is 12.1 Å². The SMILES string of the molecule is O=C(Cn1ccc2ncc(-c3cccc(C(F)F)c3)cc21)N1CCC1. The largest absolute Gasteiger partial charge is 0.341 e. The molecule has 1 saturated heterocycles. The molecule has 1 aromatic carbocycles. The molecule has 1 fully saturated rings. The molecule has 2 aromatic heterocycles. The molecule has 128 valence electrons. The van der Waals surface area contributed by atoms with Crippen LogP contribution in [0.4, 0.5) is 8.78 Å². The lowest BCUT2D eigenvalue weighted by atomic mass is 10.0. The number of hydrogen-bond donors (Lipinski definition) is 0. The maximum absolute atomic E-state index is 12.9. The van der Waals surface area contributed by atoms with Gasteiger partial charge in [0.2, 0.25) is 5.91 Å². The van der Waals surface area contributed by atoms with Gasteiger partial charge in [0, 0.05) is 36.6 Å². The molecule has 4 rings (SSSR count). The quantitative estimate of drug-likeness (QED) is 0.722. The molecule has 3 heterocycles. The van der Waals surface area contributed by atoms with Crippen LogP contribution < -0.4 is 0 Å². The third-order valence-corrected chi connectivity index (χ3v) is 4.61. The average Bonchev–Trinajstić information content (AvgIpc) is 2.95. The molecule has 4 nitrogen and oxygen atoms in total. The highest BCUT2D eigenvalue weighted by Gasteiger charge is 2.20. The Morgan fingerprint density at radius 1 is 1.16 bits per heavy atom. The normalized spacial score (nSPS) is 14.1. The minimum absolute atomic E-state index is 0.0130. The number of aromatic nitrogens is 2. The van der Waals surface area contributed by atoms with Crippen LogP contribution in [0.1, 0.15) is 18.4 Å². The van der Waals surface area contributed by atoms with Gasteiger partial charge in [-0.2, -0.15) is 0 Å². The lowest BCUT2D eigenvalue weighted by Gasteiger charge is -2.31. The first-order valence-corrected chi connectivity index (χ1v) is 8.23. The van der Waals surface area contributed by atoms with E-state index in [1.807, 2.05) is 27.8 Å². The van der Waals surface area contributed by atoms with Crippen molar-refractivity contribution in [1.82, 2.24) is 14.5 Å². The Morgan fingerprint density at radius 2 is 2.00 bits per heavy atom. The minimum atomic E-state index is -2.50. The molecule has 25 heavy (non-hydrogen) atoms. The van der Waals surface area contributed by atoms with Gasteiger partial charge in [0.25, 0.3) is 6.43 Å². The first-order valence-electron chi connectivity index (χ1n) is 8.23. The zero-order valence-electron chi connectivity index (χ0n) is 13.5. The monoisotopic (exact) mass is 341 g/mol. The van der Waals surface area contributed by atoms with Crippen LogP contribution in [0.25, 0.3) is 22.2 Å². The third kappa shape index (κ3) is 2.99. The Hall–Kier alpha value is -2.76. The van der Waals surface area contributed by atoms with Crippen LogP contribution in [-0.2, 0) is 11.3 Å². The second-order valence-corrected chi connectivity index (χ2v) is 6.23. The van der Waals surface area contributed by atoms with E-state index in [0.29, 0.717) is 5.56 Å². The fraction of sp³-hybridized carbons (Fsp3) is 0.263. The number of hydrogen-bond acceptors (Lipinski definition) is 2. The zero-order valence-corrected chi connectivity index (χ0v) is 13.5. The van der Waals surface area contributed by atoms with E-state index >= 15 is 0 Å². The maximum Gasteiger partial charge on any atom is 0.263 e. The predicted octanol–water partition coefficient (Wildman–Crippen LogP) is 3.87. The van der Waals surface area contributed by atoms with Crippen molar-refractivity contribution in [3.63, 3.8) is 0 Å². The van der Waals surface area contributed by atoms with Crippen molar-refractivity contribution in [2.45, 2.75) is 19.4 Å². The highest BCUT2D eigenvalue weighted by Crippen LogP contribution is 2.27. The Kier molecular flexibility index (Phi) is 3.95. The summed E-state index contributed by atoms with van der Waals surface area (Å²) in [6.07, 6.45) is 2.07. The summed E-state index contributed by atoms with van der Waals surface area (Å²) < 4.78 is 27.7. The first kappa shape index (κ1) is 15.7. The number of rotatable bonds is 4. The number of nitrogens with zero attached hydrogens (tertiary/aromatic N) is 3. The topological polar surface area (TPSA) is 38.1 Å². The van der Waals surface area contributed by atoms with Crippen LogP contribution >= 0.6 is 0 Å². The smallest absolute Gasteiger partial charge is 0.263 e. The summed E-state index contributed by atoms with van der Waals surface area (Å²) in [5.41, 5.74) is 3.04. The van der Waals surface area contributed by atoms with E-state index in [-0.39, 0.29) is 18.0 Å². The summed E-state index contributed by atoms with van der Waals surface area (Å²) in [6.45, 7) is 1.91. The fourth-order valence-electron chi connectivity index (χ4n) is 3.02. The van der Waals surface area contributed by atoms with Crippen LogP contribution in [0.3, 0.4) is 0 Å². The number of carbonyl (C=O) groups excluding carboxylic acids is 1. The molecule has 3 aromatic rings. The average molecular weight is 341 g/mol. The number of benzene rings is 1. The summed E-state index contributed by atoms with van der Waals surface area (Å²) in [5.74, 6) is 0.0915. The van der Waals surface area contributed by atoms with E-state index in [4.69, 9.17) is 0 Å². The summed E-state index contributed by atoms with van der Waals surface area (Å²) in [4.78, 5) is 18.4. The van der Waals surface area contributed by atoms with Gasteiger partial charge in [0.05, 0.1) is 11.0 Å². The van der Waals surface area contributed by atoms with E-state index in [9.17, 15) is 13.6 Å². The summed E-state index contributed by atoms with van der Waals surface area (Å²) >= 11 is 0. The van der Waals surface area contributed by atoms with E-state index < -0.39 is 6.43 Å². The van der Waals surface area contributed by atoms with Crippen LogP contribution in [0.5, 0.6) is 0 Å². The fourth-order valence-corrected chi connectivity index (χ4v) is 3.02. The van der Waals surface area contributed by atoms with E-state index in [1.54, 1.807) is 18.3 Å². The zero-order chi connectivity index (χ0) is 17.4. The molecule has 0 atom stereocenters. The molecular formula is C19H17F2N3O. The second-order valence-electron chi connectivity index (χ2n) is 6.23. The Balaban J connectivity index is 1.68. The highest BCUT2D eigenvalue weighted by atomic mass is 19.3. The Morgan fingerprint density at radius 3 is 2.72 bits per heavy atom. The van der Waals surface area contributed by atoms with Crippen molar-refractivity contribution in [3.05, 3.63) is 54.4 Å². The third-order valence-electron chi connectivity index (χ3n) is 4.61. The number of fused-ring (bicyclic) bond motifs is 1.